The van der Waals surface area contributed by atoms with E-state index in [2.05, 4.69) is 98.0 Å². The number of nitrogens with two attached hydrogens (primary N) is 5. The number of nitrogens with one attached hydrogen (secondary N) is 14. The molecule has 0 unspecified atom stereocenters. The van der Waals surface area contributed by atoms with Crippen LogP contribution in [0.3, 0.4) is 0 Å². The summed E-state index contributed by atoms with van der Waals surface area (Å²) in [5, 5.41) is 46.7. The molecule has 1 fully saturated rings. The van der Waals surface area contributed by atoms with Crippen molar-refractivity contribution in [2.24, 2.45) is 45.5 Å². The van der Waals surface area contributed by atoms with Gasteiger partial charge in [-0.2, -0.15) is 0 Å². The van der Waals surface area contributed by atoms with Crippen LogP contribution < -0.4 is 81.8 Å². The molecule has 572 valence electrons. The zero-order chi connectivity index (χ0) is 76.7. The van der Waals surface area contributed by atoms with E-state index in [4.69, 9.17) is 28.7 Å². The van der Waals surface area contributed by atoms with Gasteiger partial charge in [-0.05, 0) is 83.6 Å². The van der Waals surface area contributed by atoms with Crippen LogP contribution in [0.25, 0.3) is 0 Å². The van der Waals surface area contributed by atoms with Gasteiger partial charge in [0.25, 0.3) is 0 Å². The fourth-order valence-electron chi connectivity index (χ4n) is 11.2. The number of aromatic nitrogens is 8. The molecule has 12 amide bonds. The maximum absolute atomic E-state index is 14.6. The van der Waals surface area contributed by atoms with Gasteiger partial charge >= 0.3 is 5.97 Å². The first-order valence-corrected chi connectivity index (χ1v) is 34.3. The Hall–Kier alpha value is -10.9. The Morgan fingerprint density at radius 1 is 0.510 bits per heavy atom. The highest BCUT2D eigenvalue weighted by Gasteiger charge is 2.41. The van der Waals surface area contributed by atoms with Crippen LogP contribution in [-0.4, -0.2) is 236 Å². The third kappa shape index (κ3) is 27.8. The van der Waals surface area contributed by atoms with Gasteiger partial charge in [-0.15, -0.1) is 0 Å². The molecule has 5 heterocycles. The Bertz CT molecular complexity index is 3490. The smallest absolute Gasteiger partial charge is 0.326 e. The van der Waals surface area contributed by atoms with Gasteiger partial charge in [-0.1, -0.05) is 34.1 Å². The molecule has 4 aromatic heterocycles. The minimum atomic E-state index is -1.92. The summed E-state index contributed by atoms with van der Waals surface area (Å²) in [6.07, 6.45) is 9.07. The molecule has 0 bridgehead atoms. The van der Waals surface area contributed by atoms with Gasteiger partial charge in [0.15, 0.2) is 5.96 Å². The van der Waals surface area contributed by atoms with Crippen LogP contribution in [0.4, 0.5) is 0 Å². The Labute approximate surface area is 599 Å². The molecule has 40 heteroatoms. The number of primary amides is 1. The van der Waals surface area contributed by atoms with E-state index in [-0.39, 0.29) is 100 Å². The molecule has 1 aliphatic rings. The second kappa shape index (κ2) is 41.9. The van der Waals surface area contributed by atoms with Crippen LogP contribution in [0.1, 0.15) is 129 Å². The number of carboxylic acids is 1. The molecule has 0 radical (unpaired) electrons. The first-order chi connectivity index (χ1) is 49.3. The number of nitrogens with zero attached hydrogens (tertiary/aromatic N) is 6. The second-order valence-corrected chi connectivity index (χ2v) is 26.4. The predicted molar refractivity (Wildman–Crippen MR) is 372 cm³/mol. The van der Waals surface area contributed by atoms with Crippen molar-refractivity contribution in [2.75, 3.05) is 19.6 Å². The molecule has 26 N–H and O–H groups in total. The molecule has 104 heavy (non-hydrogen) atoms. The first-order valence-electron chi connectivity index (χ1n) is 34.3. The van der Waals surface area contributed by atoms with E-state index in [1.807, 2.05) is 0 Å². The average molecular weight is 1460 g/mol. The van der Waals surface area contributed by atoms with Crippen molar-refractivity contribution in [3.05, 3.63) is 72.9 Å². The monoisotopic (exact) mass is 1460 g/mol. The minimum absolute atomic E-state index is 0.00933. The normalized spacial score (nSPS) is 16.2. The molecule has 4 aromatic rings. The number of imidazole rings is 4. The van der Waals surface area contributed by atoms with Crippen molar-refractivity contribution < 1.29 is 72.5 Å². The maximum atomic E-state index is 14.6. The number of amides is 12. The Kier molecular flexibility index (Phi) is 33.7. The summed E-state index contributed by atoms with van der Waals surface area (Å²) in [6.45, 7) is 10.0. The van der Waals surface area contributed by atoms with Crippen LogP contribution >= 0.6 is 0 Å². The number of rotatable bonds is 45. The largest absolute Gasteiger partial charge is 0.480 e. The lowest BCUT2D eigenvalue weighted by Gasteiger charge is -2.30. The third-order valence-corrected chi connectivity index (χ3v) is 16.7. The number of likely N-dealkylation sites (tertiary alicyclic amines) is 1. The number of carboxylic acid groups (broad SMARTS) is 1. The van der Waals surface area contributed by atoms with Gasteiger partial charge in [0.2, 0.25) is 70.9 Å². The molecule has 1 saturated heterocycles. The van der Waals surface area contributed by atoms with E-state index in [1.165, 1.54) is 61.9 Å². The summed E-state index contributed by atoms with van der Waals surface area (Å²) in [4.78, 5) is 214. The summed E-state index contributed by atoms with van der Waals surface area (Å²) in [5.41, 5.74) is 29.7. The number of H-pyrrole nitrogens is 4. The van der Waals surface area contributed by atoms with Crippen LogP contribution in [-0.2, 0) is 88.0 Å². The number of aliphatic imine (C=N–C) groups is 1. The lowest BCUT2D eigenvalue weighted by atomic mass is 10.00. The third-order valence-electron chi connectivity index (χ3n) is 16.7. The van der Waals surface area contributed by atoms with E-state index in [1.54, 1.807) is 27.7 Å². The Morgan fingerprint density at radius 3 is 1.37 bits per heavy atom. The van der Waals surface area contributed by atoms with Crippen molar-refractivity contribution >= 4 is 82.8 Å². The number of aromatic amines is 4. The van der Waals surface area contributed by atoms with Gasteiger partial charge in [0.05, 0.1) is 43.9 Å². The molecule has 0 spiro atoms. The van der Waals surface area contributed by atoms with E-state index in [0.29, 0.717) is 37.2 Å². The minimum Gasteiger partial charge on any atom is -0.480 e. The van der Waals surface area contributed by atoms with E-state index < -0.39 is 168 Å². The summed E-state index contributed by atoms with van der Waals surface area (Å²) >= 11 is 0. The van der Waals surface area contributed by atoms with E-state index >= 15 is 0 Å². The van der Waals surface area contributed by atoms with Crippen LogP contribution in [0.2, 0.25) is 0 Å². The van der Waals surface area contributed by atoms with Gasteiger partial charge in [-0.3, -0.25) is 62.5 Å². The van der Waals surface area contributed by atoms with Crippen LogP contribution in [0.5, 0.6) is 0 Å². The van der Waals surface area contributed by atoms with E-state index in [0.717, 1.165) is 6.92 Å². The van der Waals surface area contributed by atoms with Crippen LogP contribution in [0.15, 0.2) is 55.1 Å². The summed E-state index contributed by atoms with van der Waals surface area (Å²) in [6, 6.07) is -17.5. The SMILES string of the molecule is CC(C)C[C@H](NC(=O)[C@H](CC(N)=O)NC(=O)[C@H](Cc1cnc[nH]1)NC(=O)[C@@H](NC(=O)[C@H](Cc1cnc[nH]1)NC(=O)[C@H](Cc1cnc[nH]1)NC(=O)[C@H](C)NC(=O)[C@H](Cc1cnc[nH]1)NC(=O)[C@@H](N)CCCCN)[C@@H](C)O)C(=O)N[C@@H](CCCN=C(N)N)C(=O)N[C@@H](CC(C)C)C(=O)N1CCC[C@H]1C(=O)O. The van der Waals surface area contributed by atoms with Crippen molar-refractivity contribution in [1.29, 1.82) is 0 Å². The van der Waals surface area contributed by atoms with Crippen molar-refractivity contribution in [2.45, 2.75) is 210 Å². The van der Waals surface area contributed by atoms with Gasteiger partial charge in [0.1, 0.15) is 66.5 Å². The quantitative estimate of drug-likeness (QED) is 0.0111. The standard InChI is InChI=1S/C64H101N25O15/c1-32(2)17-42(56(96)80-41(12-9-15-74-64(68)69)54(94)87-48(18-33(3)4)62(102)89-16-10-13-49(89)63(103)104)83-59(99)47(23-50(67)91)85-58(98)45(21-38-26-72-30-77-38)86-61(101)51(35(6)90)88-60(100)46(22-39-27-73-31-78-39)84-57(97)44(20-37-25-71-29-76-37)81-52(92)34(5)79-55(95)43(19-36-24-70-28-75-36)82-53(93)40(66)11-7-8-14-65/h24-35,40-49,51,90H,7-23,65-66H2,1-6H3,(H2,67,91)(H,70,75)(H,71,76)(H,72,77)(H,73,78)(H,79,95)(H,80,96)(H,81,92)(H,82,93)(H,83,99)(H,84,97)(H,85,98)(H,86,101)(H,87,94)(H,88,100)(H,103,104)(H4,68,69,74)/t34-,35+,40-,41-,42-,43-,44-,45-,46-,47-,48-,49-,51-/m0/s1. The molecule has 0 saturated carbocycles. The van der Waals surface area contributed by atoms with Gasteiger partial charge in [0, 0.05) is 86.3 Å². The topological polar surface area (TPSA) is 643 Å². The fraction of sp³-hybridized carbons (Fsp3) is 0.594. The maximum Gasteiger partial charge on any atom is 0.326 e. The lowest BCUT2D eigenvalue weighted by molar-refractivity contribution is -0.149. The number of hydrogen-bond donors (Lipinski definition) is 21. The number of carbonyl (C=O) groups is 13. The summed E-state index contributed by atoms with van der Waals surface area (Å²) < 4.78 is 0. The number of aliphatic carboxylic acids is 1. The summed E-state index contributed by atoms with van der Waals surface area (Å²) in [7, 11) is 0. The van der Waals surface area contributed by atoms with Crippen molar-refractivity contribution in [3.8, 4) is 0 Å². The fourth-order valence-corrected chi connectivity index (χ4v) is 11.2. The highest BCUT2D eigenvalue weighted by Crippen LogP contribution is 2.21. The first kappa shape index (κ1) is 83.8. The van der Waals surface area contributed by atoms with Crippen molar-refractivity contribution in [1.82, 2.24) is 97.9 Å². The molecular formula is C64H101N25O15. The zero-order valence-corrected chi connectivity index (χ0v) is 59.1. The second-order valence-electron chi connectivity index (χ2n) is 26.4. The molecular weight excluding hydrogens is 1360 g/mol. The molecule has 40 nitrogen and oxygen atoms in total. The number of hydrogen-bond acceptors (Lipinski definition) is 21. The number of carbonyl (C=O) groups excluding carboxylic acids is 12. The number of aliphatic hydroxyl groups excluding tert-OH is 1. The molecule has 0 aliphatic carbocycles. The van der Waals surface area contributed by atoms with E-state index in [9.17, 15) is 72.5 Å². The Balaban J connectivity index is 1.35. The lowest BCUT2D eigenvalue weighted by Crippen LogP contribution is -2.63. The molecule has 5 rings (SSSR count). The van der Waals surface area contributed by atoms with Gasteiger partial charge in [-0.25, -0.2) is 24.7 Å². The zero-order valence-electron chi connectivity index (χ0n) is 59.1. The highest BCUT2D eigenvalue weighted by molar-refractivity contribution is 6.00. The Morgan fingerprint density at radius 2 is 0.913 bits per heavy atom. The molecule has 13 atom stereocenters. The predicted octanol–water partition coefficient (Wildman–Crippen LogP) is -6.35. The molecule has 0 aromatic carbocycles. The van der Waals surface area contributed by atoms with Crippen LogP contribution in [0, 0.1) is 11.8 Å². The number of unbranched alkanes of at least 4 members (excludes halogenated alkanes) is 1. The average Bonchev–Trinajstić information content (AvgIpc) is 1.80. The molecule has 1 aliphatic heterocycles. The number of guanidine groups is 1. The van der Waals surface area contributed by atoms with Crippen molar-refractivity contribution in [3.63, 3.8) is 0 Å². The highest BCUT2D eigenvalue weighted by atomic mass is 16.4. The van der Waals surface area contributed by atoms with Gasteiger partial charge < -0.3 is 117 Å². The number of aliphatic hydroxyl groups is 1. The summed E-state index contributed by atoms with van der Waals surface area (Å²) in [5.74, 6) is -13.3.